The van der Waals surface area contributed by atoms with Gasteiger partial charge >= 0.3 is 12.2 Å². The lowest BCUT2D eigenvalue weighted by atomic mass is 9.67. The molecule has 3 unspecified atom stereocenters. The molecule has 0 aromatic heterocycles. The van der Waals surface area contributed by atoms with Crippen molar-refractivity contribution in [3.63, 3.8) is 0 Å². The van der Waals surface area contributed by atoms with E-state index in [1.807, 2.05) is 13.8 Å². The SMILES string of the molecule is CC1CC(NC(=O)O)C(NC(=O)O)C(C)(C)C1. The van der Waals surface area contributed by atoms with Gasteiger partial charge in [0.1, 0.15) is 0 Å². The van der Waals surface area contributed by atoms with E-state index in [9.17, 15) is 9.59 Å². The van der Waals surface area contributed by atoms with Crippen LogP contribution in [0.5, 0.6) is 0 Å². The topological polar surface area (TPSA) is 98.7 Å². The predicted octanol–water partition coefficient (Wildman–Crippen LogP) is 1.71. The lowest BCUT2D eigenvalue weighted by Crippen LogP contribution is -2.61. The van der Waals surface area contributed by atoms with Gasteiger partial charge in [0.15, 0.2) is 0 Å². The third kappa shape index (κ3) is 3.51. The first-order valence-corrected chi connectivity index (χ1v) is 5.71. The van der Waals surface area contributed by atoms with Gasteiger partial charge in [-0.25, -0.2) is 9.59 Å². The Morgan fingerprint density at radius 3 is 2.18 bits per heavy atom. The molecule has 0 saturated heterocycles. The summed E-state index contributed by atoms with van der Waals surface area (Å²) in [6.07, 6.45) is -0.705. The van der Waals surface area contributed by atoms with Crippen LogP contribution < -0.4 is 10.6 Å². The Bertz CT molecular complexity index is 317. The van der Waals surface area contributed by atoms with E-state index in [-0.39, 0.29) is 11.5 Å². The molecule has 17 heavy (non-hydrogen) atoms. The standard InChI is InChI=1S/C11H20N2O4/c1-6-4-7(12-9(14)15)8(13-10(16)17)11(2,3)5-6/h6-8,12-13H,4-5H2,1-3H3,(H,14,15)(H,16,17). The summed E-state index contributed by atoms with van der Waals surface area (Å²) < 4.78 is 0. The van der Waals surface area contributed by atoms with Crippen molar-refractivity contribution in [2.45, 2.75) is 45.7 Å². The van der Waals surface area contributed by atoms with Crippen LogP contribution in [0, 0.1) is 11.3 Å². The largest absolute Gasteiger partial charge is 0.465 e. The van der Waals surface area contributed by atoms with Crippen LogP contribution in [0.25, 0.3) is 0 Å². The highest BCUT2D eigenvalue weighted by Crippen LogP contribution is 2.38. The van der Waals surface area contributed by atoms with Gasteiger partial charge in [-0.05, 0) is 24.2 Å². The second-order valence-corrected chi connectivity index (χ2v) is 5.52. The third-order valence-corrected chi connectivity index (χ3v) is 3.36. The lowest BCUT2D eigenvalue weighted by Gasteiger charge is -2.46. The van der Waals surface area contributed by atoms with E-state index < -0.39 is 18.2 Å². The maximum absolute atomic E-state index is 10.8. The van der Waals surface area contributed by atoms with Gasteiger partial charge in [0, 0.05) is 0 Å². The van der Waals surface area contributed by atoms with Crippen LogP contribution in [0.3, 0.4) is 0 Å². The maximum atomic E-state index is 10.8. The first kappa shape index (κ1) is 13.6. The van der Waals surface area contributed by atoms with Crippen molar-refractivity contribution in [1.29, 1.82) is 0 Å². The molecular formula is C11H20N2O4. The number of rotatable bonds is 2. The molecule has 1 aliphatic carbocycles. The van der Waals surface area contributed by atoms with Gasteiger partial charge in [0.05, 0.1) is 12.1 Å². The Labute approximate surface area is 100 Å². The summed E-state index contributed by atoms with van der Waals surface area (Å²) in [5, 5.41) is 22.5. The van der Waals surface area contributed by atoms with Gasteiger partial charge in [-0.15, -0.1) is 0 Å². The van der Waals surface area contributed by atoms with Crippen LogP contribution in [0.1, 0.15) is 33.6 Å². The van der Waals surface area contributed by atoms with Crippen molar-refractivity contribution in [1.82, 2.24) is 10.6 Å². The minimum absolute atomic E-state index is 0.261. The zero-order chi connectivity index (χ0) is 13.2. The monoisotopic (exact) mass is 244 g/mol. The van der Waals surface area contributed by atoms with Crippen LogP contribution in [0.15, 0.2) is 0 Å². The summed E-state index contributed by atoms with van der Waals surface area (Å²) in [5.41, 5.74) is -0.261. The van der Waals surface area contributed by atoms with Gasteiger partial charge < -0.3 is 20.8 Å². The summed E-state index contributed by atoms with van der Waals surface area (Å²) in [4.78, 5) is 21.5. The van der Waals surface area contributed by atoms with Gasteiger partial charge in [0.25, 0.3) is 0 Å². The Hall–Kier alpha value is -1.46. The smallest absolute Gasteiger partial charge is 0.404 e. The van der Waals surface area contributed by atoms with Gasteiger partial charge in [-0.1, -0.05) is 20.8 Å². The first-order chi connectivity index (χ1) is 7.72. The molecule has 6 heteroatoms. The molecule has 1 fully saturated rings. The number of carbonyl (C=O) groups is 2. The summed E-state index contributed by atoms with van der Waals surface area (Å²) in [6, 6.07) is -0.769. The fourth-order valence-electron chi connectivity index (χ4n) is 2.95. The van der Waals surface area contributed by atoms with Crippen molar-refractivity contribution in [2.24, 2.45) is 11.3 Å². The minimum atomic E-state index is -1.12. The highest BCUT2D eigenvalue weighted by atomic mass is 16.4. The molecule has 0 radical (unpaired) electrons. The molecule has 2 amide bonds. The van der Waals surface area contributed by atoms with E-state index in [1.54, 1.807) is 0 Å². The Morgan fingerprint density at radius 1 is 1.18 bits per heavy atom. The number of nitrogens with one attached hydrogen (secondary N) is 2. The first-order valence-electron chi connectivity index (χ1n) is 5.71. The second kappa shape index (κ2) is 4.81. The Morgan fingerprint density at radius 2 is 1.71 bits per heavy atom. The molecule has 98 valence electrons. The van der Waals surface area contributed by atoms with Gasteiger partial charge in [0.2, 0.25) is 0 Å². The predicted molar refractivity (Wildman–Crippen MR) is 62.1 cm³/mol. The van der Waals surface area contributed by atoms with Crippen LogP contribution in [0.2, 0.25) is 0 Å². The van der Waals surface area contributed by atoms with Crippen LogP contribution >= 0.6 is 0 Å². The number of hydrogen-bond donors (Lipinski definition) is 4. The molecule has 0 aromatic rings. The highest BCUT2D eigenvalue weighted by molar-refractivity contribution is 5.67. The molecular weight excluding hydrogens is 224 g/mol. The summed E-state index contributed by atoms with van der Waals surface area (Å²) in [7, 11) is 0. The van der Waals surface area contributed by atoms with E-state index in [1.165, 1.54) is 0 Å². The summed E-state index contributed by atoms with van der Waals surface area (Å²) >= 11 is 0. The van der Waals surface area contributed by atoms with Gasteiger partial charge in [-0.3, -0.25) is 0 Å². The van der Waals surface area contributed by atoms with Crippen molar-refractivity contribution < 1.29 is 19.8 Å². The normalized spacial score (nSPS) is 31.6. The molecule has 1 aliphatic rings. The molecule has 1 saturated carbocycles. The summed E-state index contributed by atoms with van der Waals surface area (Å²) in [5.74, 6) is 0.369. The van der Waals surface area contributed by atoms with E-state index >= 15 is 0 Å². The van der Waals surface area contributed by atoms with Crippen molar-refractivity contribution in [2.75, 3.05) is 0 Å². The zero-order valence-electron chi connectivity index (χ0n) is 10.4. The van der Waals surface area contributed by atoms with E-state index in [4.69, 9.17) is 10.2 Å². The number of hydrogen-bond acceptors (Lipinski definition) is 2. The fraction of sp³-hybridized carbons (Fsp3) is 0.818. The molecule has 1 rings (SSSR count). The molecule has 4 N–H and O–H groups in total. The minimum Gasteiger partial charge on any atom is -0.465 e. The fourth-order valence-corrected chi connectivity index (χ4v) is 2.95. The second-order valence-electron chi connectivity index (χ2n) is 5.52. The highest BCUT2D eigenvalue weighted by Gasteiger charge is 2.43. The van der Waals surface area contributed by atoms with Gasteiger partial charge in [-0.2, -0.15) is 0 Å². The molecule has 0 heterocycles. The quantitative estimate of drug-likeness (QED) is 0.594. The molecule has 0 spiro atoms. The van der Waals surface area contributed by atoms with Crippen molar-refractivity contribution in [3.05, 3.63) is 0 Å². The van der Waals surface area contributed by atoms with E-state index in [2.05, 4.69) is 17.6 Å². The Balaban J connectivity index is 2.87. The summed E-state index contributed by atoms with van der Waals surface area (Å²) in [6.45, 7) is 5.97. The van der Waals surface area contributed by atoms with Crippen molar-refractivity contribution in [3.8, 4) is 0 Å². The molecule has 0 aromatic carbocycles. The average molecular weight is 244 g/mol. The number of amides is 2. The van der Waals surface area contributed by atoms with Crippen molar-refractivity contribution >= 4 is 12.2 Å². The zero-order valence-corrected chi connectivity index (χ0v) is 10.4. The van der Waals surface area contributed by atoms with Crippen LogP contribution in [0.4, 0.5) is 9.59 Å². The van der Waals surface area contributed by atoms with Crippen LogP contribution in [-0.2, 0) is 0 Å². The molecule has 3 atom stereocenters. The number of carboxylic acid groups (broad SMARTS) is 2. The Kier molecular flexibility index (Phi) is 3.85. The molecule has 0 bridgehead atoms. The van der Waals surface area contributed by atoms with Crippen LogP contribution in [-0.4, -0.2) is 34.5 Å². The maximum Gasteiger partial charge on any atom is 0.404 e. The van der Waals surface area contributed by atoms with E-state index in [0.717, 1.165) is 6.42 Å². The van der Waals surface area contributed by atoms with E-state index in [0.29, 0.717) is 12.3 Å². The average Bonchev–Trinajstić information content (AvgIpc) is 2.08. The molecule has 6 nitrogen and oxygen atoms in total. The lowest BCUT2D eigenvalue weighted by molar-refractivity contribution is 0.0868. The molecule has 0 aliphatic heterocycles. The third-order valence-electron chi connectivity index (χ3n) is 3.36.